The van der Waals surface area contributed by atoms with Crippen molar-refractivity contribution in [1.29, 1.82) is 0 Å². The smallest absolute Gasteiger partial charge is 0.0710 e. The third kappa shape index (κ3) is 9.06. The van der Waals surface area contributed by atoms with Crippen molar-refractivity contribution in [1.82, 2.24) is 9.80 Å². The predicted molar refractivity (Wildman–Crippen MR) is 113 cm³/mol. The van der Waals surface area contributed by atoms with Gasteiger partial charge in [0.05, 0.1) is 37.1 Å². The number of morpholine rings is 1. The maximum absolute atomic E-state index is 10.6. The molecule has 0 aromatic heterocycles. The number of likely N-dealkylation sites (tertiary alicyclic amines) is 1. The van der Waals surface area contributed by atoms with Crippen LogP contribution in [-0.2, 0) is 14.2 Å². The van der Waals surface area contributed by atoms with Gasteiger partial charge in [-0.15, -0.1) is 0 Å². The number of aliphatic hydroxyl groups excluding tert-OH is 1. The fourth-order valence-corrected chi connectivity index (χ4v) is 4.35. The van der Waals surface area contributed by atoms with Crippen LogP contribution in [-0.4, -0.2) is 97.9 Å². The van der Waals surface area contributed by atoms with Gasteiger partial charge in [-0.1, -0.05) is 0 Å². The molecule has 4 atom stereocenters. The predicted octanol–water partition coefficient (Wildman–Crippen LogP) is 2.39. The molecule has 0 radical (unpaired) electrons. The number of nitrogens with zero attached hydrogens (tertiary/aromatic N) is 2. The van der Waals surface area contributed by atoms with Gasteiger partial charge in [0, 0.05) is 51.8 Å². The van der Waals surface area contributed by atoms with Gasteiger partial charge in [-0.05, 0) is 53.9 Å². The van der Waals surface area contributed by atoms with Crippen molar-refractivity contribution in [2.45, 2.75) is 84.4 Å². The van der Waals surface area contributed by atoms with Gasteiger partial charge in [0.1, 0.15) is 0 Å². The average molecular weight is 401 g/mol. The van der Waals surface area contributed by atoms with E-state index in [1.165, 1.54) is 0 Å². The fraction of sp³-hybridized carbons (Fsp3) is 1.00. The summed E-state index contributed by atoms with van der Waals surface area (Å²) < 4.78 is 17.6. The Hall–Kier alpha value is -0.240. The second kappa shape index (κ2) is 12.5. The highest BCUT2D eigenvalue weighted by Gasteiger charge is 2.33. The zero-order valence-electron chi connectivity index (χ0n) is 18.8. The van der Waals surface area contributed by atoms with Gasteiger partial charge in [-0.25, -0.2) is 0 Å². The van der Waals surface area contributed by atoms with E-state index in [1.54, 1.807) is 0 Å². The molecule has 28 heavy (non-hydrogen) atoms. The second-order valence-corrected chi connectivity index (χ2v) is 9.17. The zero-order valence-corrected chi connectivity index (χ0v) is 18.8. The Morgan fingerprint density at radius 3 is 2.39 bits per heavy atom. The number of piperidine rings is 1. The summed E-state index contributed by atoms with van der Waals surface area (Å²) in [6, 6.07) is 0. The minimum absolute atomic E-state index is 0.201. The van der Waals surface area contributed by atoms with Gasteiger partial charge in [0.2, 0.25) is 0 Å². The topological polar surface area (TPSA) is 54.4 Å². The lowest BCUT2D eigenvalue weighted by atomic mass is 9.89. The third-order valence-corrected chi connectivity index (χ3v) is 5.67. The molecule has 166 valence electrons. The average Bonchev–Trinajstić information content (AvgIpc) is 2.60. The molecule has 2 rings (SSSR count). The van der Waals surface area contributed by atoms with E-state index in [0.29, 0.717) is 12.0 Å². The molecule has 2 aliphatic rings. The molecule has 2 unspecified atom stereocenters. The van der Waals surface area contributed by atoms with Gasteiger partial charge < -0.3 is 24.2 Å². The maximum Gasteiger partial charge on any atom is 0.0710 e. The van der Waals surface area contributed by atoms with Crippen LogP contribution in [0.2, 0.25) is 0 Å². The molecule has 0 bridgehead atoms. The Balaban J connectivity index is 1.75. The van der Waals surface area contributed by atoms with Crippen LogP contribution in [0.25, 0.3) is 0 Å². The summed E-state index contributed by atoms with van der Waals surface area (Å²) in [6.07, 6.45) is 3.67. The van der Waals surface area contributed by atoms with Crippen LogP contribution in [0.1, 0.15) is 53.9 Å². The molecule has 0 spiro atoms. The summed E-state index contributed by atoms with van der Waals surface area (Å²) in [5.74, 6) is 0.295. The maximum atomic E-state index is 10.6. The van der Waals surface area contributed by atoms with Crippen LogP contribution < -0.4 is 0 Å². The summed E-state index contributed by atoms with van der Waals surface area (Å²) in [5, 5.41) is 10.6. The Labute approximate surface area is 172 Å². The summed E-state index contributed by atoms with van der Waals surface area (Å²) in [5.41, 5.74) is 0. The molecule has 2 heterocycles. The lowest BCUT2D eigenvalue weighted by molar-refractivity contribution is -0.102. The normalized spacial score (nSPS) is 30.4. The van der Waals surface area contributed by atoms with E-state index in [1.807, 2.05) is 0 Å². The lowest BCUT2D eigenvalue weighted by Crippen LogP contribution is -2.51. The van der Waals surface area contributed by atoms with Crippen molar-refractivity contribution in [3.63, 3.8) is 0 Å². The summed E-state index contributed by atoms with van der Waals surface area (Å²) in [7, 11) is 0. The molecule has 2 fully saturated rings. The Morgan fingerprint density at radius 2 is 1.68 bits per heavy atom. The SMILES string of the molecule is CC(C)OCCCN1CCC(O)C(C[C@@H]2CN(CCOC(C)C)C[C@H](C)O2)C1. The molecule has 6 heteroatoms. The number of rotatable bonds is 11. The molecule has 0 saturated carbocycles. The van der Waals surface area contributed by atoms with Gasteiger partial charge in [-0.3, -0.25) is 4.90 Å². The molecular formula is C22H44N2O4. The molecule has 2 aliphatic heterocycles. The van der Waals surface area contributed by atoms with Crippen LogP contribution >= 0.6 is 0 Å². The number of hydrogen-bond acceptors (Lipinski definition) is 6. The van der Waals surface area contributed by atoms with E-state index >= 15 is 0 Å². The van der Waals surface area contributed by atoms with Gasteiger partial charge >= 0.3 is 0 Å². The molecule has 0 aromatic rings. The van der Waals surface area contributed by atoms with E-state index < -0.39 is 0 Å². The van der Waals surface area contributed by atoms with Gasteiger partial charge in [0.15, 0.2) is 0 Å². The van der Waals surface area contributed by atoms with Crippen LogP contribution in [0.5, 0.6) is 0 Å². The van der Waals surface area contributed by atoms with Gasteiger partial charge in [0.25, 0.3) is 0 Å². The van der Waals surface area contributed by atoms with Crippen molar-refractivity contribution in [2.24, 2.45) is 5.92 Å². The van der Waals surface area contributed by atoms with E-state index in [2.05, 4.69) is 44.4 Å². The highest BCUT2D eigenvalue weighted by molar-refractivity contribution is 4.85. The third-order valence-electron chi connectivity index (χ3n) is 5.67. The molecule has 0 amide bonds. The Kier molecular flexibility index (Phi) is 10.7. The first-order valence-electron chi connectivity index (χ1n) is 11.3. The summed E-state index contributed by atoms with van der Waals surface area (Å²) in [6.45, 7) is 17.9. The molecule has 0 aromatic carbocycles. The van der Waals surface area contributed by atoms with Crippen molar-refractivity contribution >= 4 is 0 Å². The van der Waals surface area contributed by atoms with Crippen molar-refractivity contribution in [3.05, 3.63) is 0 Å². The summed E-state index contributed by atoms with van der Waals surface area (Å²) in [4.78, 5) is 4.94. The quantitative estimate of drug-likeness (QED) is 0.538. The molecular weight excluding hydrogens is 356 g/mol. The summed E-state index contributed by atoms with van der Waals surface area (Å²) >= 11 is 0. The Bertz CT molecular complexity index is 421. The number of aliphatic hydroxyl groups is 1. The van der Waals surface area contributed by atoms with E-state index in [-0.39, 0.29) is 24.4 Å². The van der Waals surface area contributed by atoms with Crippen LogP contribution in [0.15, 0.2) is 0 Å². The van der Waals surface area contributed by atoms with Crippen LogP contribution in [0, 0.1) is 5.92 Å². The van der Waals surface area contributed by atoms with Crippen molar-refractivity contribution in [2.75, 3.05) is 52.5 Å². The highest BCUT2D eigenvalue weighted by atomic mass is 16.5. The van der Waals surface area contributed by atoms with Crippen molar-refractivity contribution < 1.29 is 19.3 Å². The highest BCUT2D eigenvalue weighted by Crippen LogP contribution is 2.25. The number of ether oxygens (including phenoxy) is 3. The molecule has 6 nitrogen and oxygen atoms in total. The molecule has 0 aliphatic carbocycles. The lowest BCUT2D eigenvalue weighted by Gasteiger charge is -2.41. The first kappa shape index (κ1) is 24.0. The van der Waals surface area contributed by atoms with Crippen LogP contribution in [0.3, 0.4) is 0 Å². The fourth-order valence-electron chi connectivity index (χ4n) is 4.35. The van der Waals surface area contributed by atoms with Crippen LogP contribution in [0.4, 0.5) is 0 Å². The monoisotopic (exact) mass is 400 g/mol. The van der Waals surface area contributed by atoms with E-state index in [4.69, 9.17) is 14.2 Å². The minimum Gasteiger partial charge on any atom is -0.393 e. The van der Waals surface area contributed by atoms with Gasteiger partial charge in [-0.2, -0.15) is 0 Å². The van der Waals surface area contributed by atoms with E-state index in [9.17, 15) is 5.11 Å². The first-order valence-corrected chi connectivity index (χ1v) is 11.3. The molecule has 1 N–H and O–H groups in total. The largest absolute Gasteiger partial charge is 0.393 e. The van der Waals surface area contributed by atoms with E-state index in [0.717, 1.165) is 71.7 Å². The minimum atomic E-state index is -0.207. The van der Waals surface area contributed by atoms with Crippen molar-refractivity contribution in [3.8, 4) is 0 Å². The first-order chi connectivity index (χ1) is 13.3. The second-order valence-electron chi connectivity index (χ2n) is 9.17. The molecule has 2 saturated heterocycles. The number of hydrogen-bond donors (Lipinski definition) is 1. The Morgan fingerprint density at radius 1 is 0.964 bits per heavy atom. The zero-order chi connectivity index (χ0) is 20.5. The standard InChI is InChI=1S/C22H44N2O4/c1-17(2)26-11-6-8-23-9-7-22(25)20(15-23)13-21-16-24(14-19(5)28-21)10-12-27-18(3)4/h17-22,25H,6-16H2,1-5H3/t19-,20?,21+,22?/m0/s1.